The molecule has 92 valence electrons. The predicted molar refractivity (Wildman–Crippen MR) is 70.0 cm³/mol. The lowest BCUT2D eigenvalue weighted by Crippen LogP contribution is -2.43. The van der Waals surface area contributed by atoms with Crippen LogP contribution in [0.4, 0.5) is 0 Å². The lowest BCUT2D eigenvalue weighted by atomic mass is 10.0. The van der Waals surface area contributed by atoms with Crippen LogP contribution in [-0.4, -0.2) is 34.5 Å². The zero-order valence-corrected chi connectivity index (χ0v) is 11.0. The number of thioether (sulfide) groups is 1. The molecule has 1 aliphatic heterocycles. The highest BCUT2D eigenvalue weighted by Gasteiger charge is 2.45. The number of benzene rings is 1. The highest BCUT2D eigenvalue weighted by atomic mass is 32.2. The molecule has 0 aliphatic carbocycles. The van der Waals surface area contributed by atoms with Crippen LogP contribution in [-0.2, 0) is 5.72 Å². The van der Waals surface area contributed by atoms with E-state index >= 15 is 0 Å². The van der Waals surface area contributed by atoms with Crippen LogP contribution in [0.3, 0.4) is 0 Å². The van der Waals surface area contributed by atoms with Gasteiger partial charge in [-0.05, 0) is 18.2 Å². The van der Waals surface area contributed by atoms with Gasteiger partial charge in [0.25, 0.3) is 5.91 Å². The van der Waals surface area contributed by atoms with Gasteiger partial charge in [-0.3, -0.25) is 4.79 Å². The number of amides is 1. The van der Waals surface area contributed by atoms with Crippen molar-refractivity contribution in [1.29, 1.82) is 0 Å². The Bertz CT molecular complexity index is 435. The number of nitrogens with zero attached hydrogens (tertiary/aromatic N) is 1. The Morgan fingerprint density at radius 1 is 1.41 bits per heavy atom. The summed E-state index contributed by atoms with van der Waals surface area (Å²) in [6.07, 6.45) is 1.07. The van der Waals surface area contributed by atoms with Crippen molar-refractivity contribution in [1.82, 2.24) is 4.90 Å². The first kappa shape index (κ1) is 12.5. The van der Waals surface area contributed by atoms with Crippen LogP contribution in [0.15, 0.2) is 24.3 Å². The van der Waals surface area contributed by atoms with Gasteiger partial charge in [-0.1, -0.05) is 25.1 Å². The molecule has 0 spiro atoms. The van der Waals surface area contributed by atoms with Gasteiger partial charge in [0.15, 0.2) is 5.72 Å². The van der Waals surface area contributed by atoms with Crippen molar-refractivity contribution < 1.29 is 9.90 Å². The van der Waals surface area contributed by atoms with E-state index in [1.807, 2.05) is 18.2 Å². The molecule has 17 heavy (non-hydrogen) atoms. The third kappa shape index (κ3) is 1.96. The fourth-order valence-corrected chi connectivity index (χ4v) is 3.15. The van der Waals surface area contributed by atoms with Crippen molar-refractivity contribution in [2.75, 3.05) is 18.6 Å². The van der Waals surface area contributed by atoms with Crippen LogP contribution in [0.5, 0.6) is 0 Å². The van der Waals surface area contributed by atoms with Gasteiger partial charge in [-0.2, -0.15) is 11.8 Å². The van der Waals surface area contributed by atoms with Crippen molar-refractivity contribution in [2.45, 2.75) is 19.1 Å². The molecular weight excluding hydrogens is 234 g/mol. The van der Waals surface area contributed by atoms with Gasteiger partial charge in [0.05, 0.1) is 0 Å². The zero-order valence-electron chi connectivity index (χ0n) is 10.1. The highest BCUT2D eigenvalue weighted by Crippen LogP contribution is 2.38. The molecule has 1 unspecified atom stereocenters. The Hall–Kier alpha value is -1.00. The number of aliphatic hydroxyl groups is 1. The minimum absolute atomic E-state index is 0.0970. The molecule has 1 heterocycles. The van der Waals surface area contributed by atoms with Crippen molar-refractivity contribution in [3.8, 4) is 0 Å². The van der Waals surface area contributed by atoms with E-state index in [-0.39, 0.29) is 5.91 Å². The molecule has 0 radical (unpaired) electrons. The quantitative estimate of drug-likeness (QED) is 0.833. The van der Waals surface area contributed by atoms with Crippen LogP contribution < -0.4 is 0 Å². The minimum atomic E-state index is -1.15. The standard InChI is InChI=1S/C13H17NO2S/c1-3-8-17-9-13(16)11-7-5-4-6-10(11)12(15)14(13)2/h4-7,16H,3,8-9H2,1-2H3. The summed E-state index contributed by atoms with van der Waals surface area (Å²) in [5.41, 5.74) is 0.207. The third-order valence-corrected chi connectivity index (χ3v) is 4.40. The van der Waals surface area contributed by atoms with Crippen LogP contribution in [0, 0.1) is 0 Å². The summed E-state index contributed by atoms with van der Waals surface area (Å²) < 4.78 is 0. The fraction of sp³-hybridized carbons (Fsp3) is 0.462. The largest absolute Gasteiger partial charge is 0.366 e. The van der Waals surface area contributed by atoms with E-state index in [2.05, 4.69) is 6.92 Å². The summed E-state index contributed by atoms with van der Waals surface area (Å²) in [6.45, 7) is 2.11. The molecule has 1 aliphatic rings. The summed E-state index contributed by atoms with van der Waals surface area (Å²) in [6, 6.07) is 7.30. The monoisotopic (exact) mass is 251 g/mol. The molecular formula is C13H17NO2S. The van der Waals surface area contributed by atoms with Gasteiger partial charge in [0.1, 0.15) is 0 Å². The molecule has 1 amide bonds. The average Bonchev–Trinajstić information content (AvgIpc) is 2.54. The van der Waals surface area contributed by atoms with Gasteiger partial charge < -0.3 is 10.0 Å². The Balaban J connectivity index is 2.31. The van der Waals surface area contributed by atoms with Crippen molar-refractivity contribution in [3.63, 3.8) is 0 Å². The Morgan fingerprint density at radius 3 is 2.82 bits per heavy atom. The van der Waals surface area contributed by atoms with E-state index in [9.17, 15) is 9.90 Å². The van der Waals surface area contributed by atoms with Crippen molar-refractivity contribution in [2.24, 2.45) is 0 Å². The molecule has 2 rings (SSSR count). The number of rotatable bonds is 4. The molecule has 4 heteroatoms. The maximum atomic E-state index is 12.0. The highest BCUT2D eigenvalue weighted by molar-refractivity contribution is 7.99. The smallest absolute Gasteiger partial charge is 0.256 e. The van der Waals surface area contributed by atoms with Crippen LogP contribution in [0.1, 0.15) is 29.3 Å². The summed E-state index contributed by atoms with van der Waals surface area (Å²) in [4.78, 5) is 13.4. The molecule has 0 aromatic heterocycles. The second-order valence-corrected chi connectivity index (χ2v) is 5.38. The molecule has 1 aromatic rings. The first-order valence-electron chi connectivity index (χ1n) is 5.79. The van der Waals surface area contributed by atoms with E-state index in [0.717, 1.165) is 17.7 Å². The summed E-state index contributed by atoms with van der Waals surface area (Å²) in [5, 5.41) is 10.7. The molecule has 0 saturated heterocycles. The predicted octanol–water partition coefficient (Wildman–Crippen LogP) is 2.06. The number of carbonyl (C=O) groups is 1. The number of carbonyl (C=O) groups excluding carboxylic acids is 1. The number of hydrogen-bond acceptors (Lipinski definition) is 3. The summed E-state index contributed by atoms with van der Waals surface area (Å²) in [5.74, 6) is 1.42. The maximum Gasteiger partial charge on any atom is 0.256 e. The summed E-state index contributed by atoms with van der Waals surface area (Å²) >= 11 is 1.67. The van der Waals surface area contributed by atoms with E-state index in [0.29, 0.717) is 11.3 Å². The minimum Gasteiger partial charge on any atom is -0.366 e. The van der Waals surface area contributed by atoms with Crippen molar-refractivity contribution >= 4 is 17.7 Å². The molecule has 1 atom stereocenters. The molecule has 0 fully saturated rings. The lowest BCUT2D eigenvalue weighted by Gasteiger charge is -2.31. The molecule has 0 bridgehead atoms. The second-order valence-electron chi connectivity index (χ2n) is 4.28. The van der Waals surface area contributed by atoms with E-state index in [1.165, 1.54) is 4.90 Å². The number of hydrogen-bond donors (Lipinski definition) is 1. The topological polar surface area (TPSA) is 40.5 Å². The molecule has 1 aromatic carbocycles. The van der Waals surface area contributed by atoms with Crippen LogP contribution in [0.25, 0.3) is 0 Å². The van der Waals surface area contributed by atoms with Gasteiger partial charge in [-0.15, -0.1) is 0 Å². The summed E-state index contributed by atoms with van der Waals surface area (Å²) in [7, 11) is 1.66. The van der Waals surface area contributed by atoms with Gasteiger partial charge in [-0.25, -0.2) is 0 Å². The van der Waals surface area contributed by atoms with Gasteiger partial charge >= 0.3 is 0 Å². The van der Waals surface area contributed by atoms with Gasteiger partial charge in [0, 0.05) is 23.9 Å². The fourth-order valence-electron chi connectivity index (χ4n) is 2.08. The third-order valence-electron chi connectivity index (χ3n) is 3.10. The molecule has 3 nitrogen and oxygen atoms in total. The van der Waals surface area contributed by atoms with E-state index in [1.54, 1.807) is 24.9 Å². The zero-order chi connectivity index (χ0) is 12.5. The van der Waals surface area contributed by atoms with Crippen LogP contribution >= 0.6 is 11.8 Å². The molecule has 1 N–H and O–H groups in total. The van der Waals surface area contributed by atoms with E-state index in [4.69, 9.17) is 0 Å². The average molecular weight is 251 g/mol. The first-order valence-corrected chi connectivity index (χ1v) is 6.94. The second kappa shape index (κ2) is 4.70. The van der Waals surface area contributed by atoms with Crippen molar-refractivity contribution in [3.05, 3.63) is 35.4 Å². The SMILES string of the molecule is CCCSCC1(O)c2ccccc2C(=O)N1C. The Labute approximate surface area is 106 Å². The normalized spacial score (nSPS) is 23.0. The maximum absolute atomic E-state index is 12.0. The Kier molecular flexibility index (Phi) is 3.45. The molecule has 0 saturated carbocycles. The first-order chi connectivity index (χ1) is 8.11. The van der Waals surface area contributed by atoms with Gasteiger partial charge in [0.2, 0.25) is 0 Å². The number of fused-ring (bicyclic) bond motifs is 1. The Morgan fingerprint density at radius 2 is 2.12 bits per heavy atom. The lowest BCUT2D eigenvalue weighted by molar-refractivity contribution is -0.0515. The van der Waals surface area contributed by atoms with Crippen LogP contribution in [0.2, 0.25) is 0 Å². The van der Waals surface area contributed by atoms with E-state index < -0.39 is 5.72 Å².